The lowest BCUT2D eigenvalue weighted by Gasteiger charge is -2.25. The summed E-state index contributed by atoms with van der Waals surface area (Å²) in [4.78, 5) is 26.0. The summed E-state index contributed by atoms with van der Waals surface area (Å²) in [6.07, 6.45) is 1.49. The van der Waals surface area contributed by atoms with Crippen molar-refractivity contribution >= 4 is 23.9 Å². The van der Waals surface area contributed by atoms with Gasteiger partial charge in [-0.3, -0.25) is 9.71 Å². The molecule has 1 unspecified atom stereocenters. The molecule has 4 aromatic rings. The monoisotopic (exact) mass is 499 g/mol. The van der Waals surface area contributed by atoms with Gasteiger partial charge >= 0.3 is 5.97 Å². The molecule has 3 heterocycles. The van der Waals surface area contributed by atoms with Gasteiger partial charge in [-0.05, 0) is 66.8 Å². The zero-order chi connectivity index (χ0) is 25.1. The van der Waals surface area contributed by atoms with E-state index in [9.17, 15) is 9.90 Å². The second kappa shape index (κ2) is 10.3. The number of carboxylic acids is 1. The third-order valence-corrected chi connectivity index (χ3v) is 6.69. The molecule has 36 heavy (non-hydrogen) atoms. The SMILES string of the molecule is Cc1cccc(C)c1-c1cc(OC2CNCc3cccnc32)nc(NSc2cccc(C(=O)O)c2)n1. The molecule has 0 bridgehead atoms. The standard InChI is InChI=1S/C27H25N5O3S/c1-16-6-3-7-17(2)24(16)21-13-23(35-22-15-28-14-19-9-5-11-29-25(19)22)31-27(30-21)32-36-20-10-4-8-18(12-20)26(33)34/h3-13,22,28H,14-15H2,1-2H3,(H,33,34)(H,30,31,32). The van der Waals surface area contributed by atoms with Gasteiger partial charge in [0.1, 0.15) is 0 Å². The van der Waals surface area contributed by atoms with Gasteiger partial charge in [-0.1, -0.05) is 30.3 Å². The minimum absolute atomic E-state index is 0.215. The van der Waals surface area contributed by atoms with Crippen LogP contribution < -0.4 is 14.8 Å². The summed E-state index contributed by atoms with van der Waals surface area (Å²) in [7, 11) is 0. The predicted octanol–water partition coefficient (Wildman–Crippen LogP) is 5.20. The van der Waals surface area contributed by atoms with Crippen LogP contribution in [0.3, 0.4) is 0 Å². The van der Waals surface area contributed by atoms with Crippen LogP contribution in [-0.4, -0.2) is 32.6 Å². The number of fused-ring (bicyclic) bond motifs is 1. The lowest BCUT2D eigenvalue weighted by Crippen LogP contribution is -2.32. The molecule has 2 aromatic heterocycles. The maximum atomic E-state index is 11.3. The first kappa shape index (κ1) is 23.8. The number of anilines is 1. The van der Waals surface area contributed by atoms with Crippen LogP contribution in [0.4, 0.5) is 5.95 Å². The molecule has 0 radical (unpaired) electrons. The third kappa shape index (κ3) is 5.17. The molecule has 5 rings (SSSR count). The minimum Gasteiger partial charge on any atom is -0.478 e. The summed E-state index contributed by atoms with van der Waals surface area (Å²) in [5, 5.41) is 12.7. The number of hydrogen-bond acceptors (Lipinski definition) is 8. The number of benzene rings is 2. The van der Waals surface area contributed by atoms with E-state index >= 15 is 0 Å². The number of nitrogens with zero attached hydrogens (tertiary/aromatic N) is 3. The van der Waals surface area contributed by atoms with Crippen molar-refractivity contribution in [3.63, 3.8) is 0 Å². The number of carboxylic acid groups (broad SMARTS) is 1. The van der Waals surface area contributed by atoms with Gasteiger partial charge in [-0.2, -0.15) is 4.98 Å². The zero-order valence-corrected chi connectivity index (χ0v) is 20.7. The number of carbonyl (C=O) groups is 1. The van der Waals surface area contributed by atoms with Gasteiger partial charge in [0, 0.05) is 35.8 Å². The van der Waals surface area contributed by atoms with E-state index in [2.05, 4.69) is 46.0 Å². The van der Waals surface area contributed by atoms with Crippen LogP contribution in [0, 0.1) is 13.8 Å². The molecular weight excluding hydrogens is 474 g/mol. The molecule has 8 nitrogen and oxygen atoms in total. The van der Waals surface area contributed by atoms with E-state index in [1.54, 1.807) is 24.4 Å². The molecular formula is C27H25N5O3S. The second-order valence-electron chi connectivity index (χ2n) is 8.50. The Morgan fingerprint density at radius 2 is 1.89 bits per heavy atom. The van der Waals surface area contributed by atoms with Gasteiger partial charge in [-0.15, -0.1) is 0 Å². The summed E-state index contributed by atoms with van der Waals surface area (Å²) < 4.78 is 9.53. The normalized spacial score (nSPS) is 14.7. The Morgan fingerprint density at radius 1 is 1.08 bits per heavy atom. The third-order valence-electron chi connectivity index (χ3n) is 5.92. The van der Waals surface area contributed by atoms with Gasteiger partial charge in [0.05, 0.1) is 17.0 Å². The number of aromatic carboxylic acids is 1. The van der Waals surface area contributed by atoms with E-state index in [0.717, 1.165) is 45.1 Å². The van der Waals surface area contributed by atoms with Crippen molar-refractivity contribution in [1.82, 2.24) is 20.3 Å². The average molecular weight is 500 g/mol. The fraction of sp³-hybridized carbons (Fsp3) is 0.185. The highest BCUT2D eigenvalue weighted by Crippen LogP contribution is 2.32. The highest BCUT2D eigenvalue weighted by molar-refractivity contribution is 8.00. The molecule has 0 aliphatic carbocycles. The minimum atomic E-state index is -0.976. The van der Waals surface area contributed by atoms with Gasteiger partial charge in [0.2, 0.25) is 11.8 Å². The lowest BCUT2D eigenvalue weighted by molar-refractivity contribution is 0.0696. The maximum Gasteiger partial charge on any atom is 0.335 e. The quantitative estimate of drug-likeness (QED) is 0.296. The molecule has 9 heteroatoms. The Bertz CT molecular complexity index is 1410. The molecule has 3 N–H and O–H groups in total. The van der Waals surface area contributed by atoms with Crippen LogP contribution in [0.15, 0.2) is 71.8 Å². The summed E-state index contributed by atoms with van der Waals surface area (Å²) in [5.41, 5.74) is 6.17. The van der Waals surface area contributed by atoms with Crippen molar-refractivity contribution in [3.8, 4) is 17.1 Å². The van der Waals surface area contributed by atoms with Crippen LogP contribution in [0.1, 0.15) is 38.8 Å². The highest BCUT2D eigenvalue weighted by Gasteiger charge is 2.24. The van der Waals surface area contributed by atoms with Crippen molar-refractivity contribution in [2.24, 2.45) is 0 Å². The van der Waals surface area contributed by atoms with Gasteiger partial charge < -0.3 is 15.2 Å². The number of nitrogens with one attached hydrogen (secondary N) is 2. The molecule has 182 valence electrons. The Labute approximate surface area is 213 Å². The van der Waals surface area contributed by atoms with E-state index in [0.29, 0.717) is 18.4 Å². The number of hydrogen-bond donors (Lipinski definition) is 3. The van der Waals surface area contributed by atoms with Crippen LogP contribution in [0.25, 0.3) is 11.3 Å². The number of rotatable bonds is 7. The molecule has 0 fully saturated rings. The lowest BCUT2D eigenvalue weighted by atomic mass is 10.00. The first-order chi connectivity index (χ1) is 17.5. The van der Waals surface area contributed by atoms with Crippen LogP contribution in [-0.2, 0) is 6.54 Å². The zero-order valence-electron chi connectivity index (χ0n) is 19.9. The number of pyridine rings is 1. The summed E-state index contributed by atoms with van der Waals surface area (Å²) in [5.74, 6) is -0.187. The van der Waals surface area contributed by atoms with Crippen molar-refractivity contribution in [1.29, 1.82) is 0 Å². The van der Waals surface area contributed by atoms with Gasteiger partial charge in [0.15, 0.2) is 6.10 Å². The fourth-order valence-electron chi connectivity index (χ4n) is 4.24. The maximum absolute atomic E-state index is 11.3. The van der Waals surface area contributed by atoms with E-state index in [1.807, 2.05) is 30.3 Å². The van der Waals surface area contributed by atoms with Crippen molar-refractivity contribution in [2.45, 2.75) is 31.4 Å². The van der Waals surface area contributed by atoms with Crippen molar-refractivity contribution in [3.05, 3.63) is 94.8 Å². The first-order valence-electron chi connectivity index (χ1n) is 11.5. The molecule has 0 saturated carbocycles. The average Bonchev–Trinajstić information content (AvgIpc) is 2.88. The second-order valence-corrected chi connectivity index (χ2v) is 9.38. The first-order valence-corrected chi connectivity index (χ1v) is 12.3. The number of ether oxygens (including phenoxy) is 1. The van der Waals surface area contributed by atoms with E-state index in [4.69, 9.17) is 9.72 Å². The molecule has 0 saturated heterocycles. The van der Waals surface area contributed by atoms with Gasteiger partial charge in [0.25, 0.3) is 0 Å². The van der Waals surface area contributed by atoms with E-state index in [1.165, 1.54) is 11.9 Å². The van der Waals surface area contributed by atoms with Crippen LogP contribution in [0.2, 0.25) is 0 Å². The van der Waals surface area contributed by atoms with Crippen molar-refractivity contribution < 1.29 is 14.6 Å². The Balaban J connectivity index is 1.49. The van der Waals surface area contributed by atoms with E-state index in [-0.39, 0.29) is 11.7 Å². The number of aryl methyl sites for hydroxylation is 2. The molecule has 1 atom stereocenters. The molecule has 1 aliphatic rings. The molecule has 0 amide bonds. The summed E-state index contributed by atoms with van der Waals surface area (Å²) in [6, 6.07) is 18.6. The highest BCUT2D eigenvalue weighted by atomic mass is 32.2. The molecule has 1 aliphatic heterocycles. The topological polar surface area (TPSA) is 109 Å². The van der Waals surface area contributed by atoms with Crippen LogP contribution in [0.5, 0.6) is 5.88 Å². The van der Waals surface area contributed by atoms with E-state index < -0.39 is 5.97 Å². The Kier molecular flexibility index (Phi) is 6.84. The number of aromatic nitrogens is 3. The Hall–Kier alpha value is -3.95. The van der Waals surface area contributed by atoms with Gasteiger partial charge in [-0.25, -0.2) is 9.78 Å². The fourth-order valence-corrected chi connectivity index (χ4v) is 4.88. The van der Waals surface area contributed by atoms with Crippen LogP contribution >= 0.6 is 11.9 Å². The summed E-state index contributed by atoms with van der Waals surface area (Å²) >= 11 is 1.24. The molecule has 2 aromatic carbocycles. The smallest absolute Gasteiger partial charge is 0.335 e. The molecule has 0 spiro atoms. The Morgan fingerprint density at radius 3 is 2.69 bits per heavy atom. The summed E-state index contributed by atoms with van der Waals surface area (Å²) in [6.45, 7) is 5.47. The predicted molar refractivity (Wildman–Crippen MR) is 139 cm³/mol. The largest absolute Gasteiger partial charge is 0.478 e. The van der Waals surface area contributed by atoms with Crippen molar-refractivity contribution in [2.75, 3.05) is 11.3 Å².